The van der Waals surface area contributed by atoms with Crippen molar-refractivity contribution in [3.63, 3.8) is 0 Å². The summed E-state index contributed by atoms with van der Waals surface area (Å²) in [6.45, 7) is 3.98. The molecule has 0 saturated carbocycles. The van der Waals surface area contributed by atoms with Crippen LogP contribution in [0.2, 0.25) is 0 Å². The van der Waals surface area contributed by atoms with Crippen molar-refractivity contribution in [2.75, 3.05) is 56.1 Å². The molecule has 1 saturated heterocycles. The third-order valence-electron chi connectivity index (χ3n) is 6.77. The van der Waals surface area contributed by atoms with Crippen LogP contribution in [0.5, 0.6) is 0 Å². The number of nitrogens with one attached hydrogen (secondary N) is 2. The van der Waals surface area contributed by atoms with E-state index in [0.717, 1.165) is 5.56 Å². The maximum Gasteiger partial charge on any atom is 0.328 e. The molecule has 4 rings (SSSR count). The van der Waals surface area contributed by atoms with Crippen molar-refractivity contribution >= 4 is 35.5 Å². The van der Waals surface area contributed by atoms with E-state index >= 15 is 0 Å². The number of hydrogen-bond donors (Lipinski definition) is 2. The van der Waals surface area contributed by atoms with Gasteiger partial charge in [0, 0.05) is 57.7 Å². The Morgan fingerprint density at radius 2 is 2.23 bits per heavy atom. The lowest BCUT2D eigenvalue weighted by Gasteiger charge is -2.30. The molecule has 12 heteroatoms. The lowest BCUT2D eigenvalue weighted by atomic mass is 10.0. The van der Waals surface area contributed by atoms with Crippen molar-refractivity contribution in [2.45, 2.75) is 38.8 Å². The van der Waals surface area contributed by atoms with E-state index in [0.29, 0.717) is 74.5 Å². The fourth-order valence-corrected chi connectivity index (χ4v) is 4.82. The van der Waals surface area contributed by atoms with Gasteiger partial charge in [-0.3, -0.25) is 19.8 Å². The molecule has 0 spiro atoms. The number of amides is 3. The molecule has 39 heavy (non-hydrogen) atoms. The highest BCUT2D eigenvalue weighted by Crippen LogP contribution is 2.29. The predicted octanol–water partition coefficient (Wildman–Crippen LogP) is 2.59. The van der Waals surface area contributed by atoms with Gasteiger partial charge < -0.3 is 19.7 Å². The minimum Gasteiger partial charge on any atom is -0.383 e. The summed E-state index contributed by atoms with van der Waals surface area (Å²) in [6, 6.07) is 5.04. The van der Waals surface area contributed by atoms with E-state index in [-0.39, 0.29) is 35.9 Å². The number of carbonyl (C=O) groups is 3. The Kier molecular flexibility index (Phi) is 9.06. The first-order valence-electron chi connectivity index (χ1n) is 12.9. The first-order chi connectivity index (χ1) is 18.8. The van der Waals surface area contributed by atoms with Crippen LogP contribution in [0.3, 0.4) is 0 Å². The van der Waals surface area contributed by atoms with Crippen molar-refractivity contribution in [1.82, 2.24) is 14.9 Å². The Morgan fingerprint density at radius 3 is 2.92 bits per heavy atom. The second-order valence-electron chi connectivity index (χ2n) is 9.80. The van der Waals surface area contributed by atoms with Crippen LogP contribution in [0, 0.1) is 17.2 Å². The molecule has 2 aromatic heterocycles. The van der Waals surface area contributed by atoms with Crippen LogP contribution in [0.4, 0.5) is 22.1 Å². The number of rotatable bonds is 9. The number of methoxy groups -OCH3 is 1. The van der Waals surface area contributed by atoms with E-state index < -0.39 is 6.03 Å². The van der Waals surface area contributed by atoms with Gasteiger partial charge in [-0.2, -0.15) is 5.26 Å². The van der Waals surface area contributed by atoms with Crippen molar-refractivity contribution in [3.05, 3.63) is 40.7 Å². The zero-order valence-corrected chi connectivity index (χ0v) is 22.4. The molecule has 1 unspecified atom stereocenters. The van der Waals surface area contributed by atoms with Gasteiger partial charge >= 0.3 is 6.03 Å². The van der Waals surface area contributed by atoms with Crippen LogP contribution < -0.4 is 15.5 Å². The van der Waals surface area contributed by atoms with E-state index in [1.165, 1.54) is 11.1 Å². The molecule has 0 radical (unpaired) electrons. The molecular formula is C27H33N7O5. The SMILES string of the molecule is COCC(C)Nc1cc(NC(=O)N2CCCc3cc(CN(C)C(=O)[C@@H]4CCOC4)c(C=O)nc32)ncc1C#N. The fourth-order valence-electron chi connectivity index (χ4n) is 4.82. The molecule has 0 aromatic carbocycles. The van der Waals surface area contributed by atoms with Crippen LogP contribution in [0.1, 0.15) is 46.9 Å². The zero-order chi connectivity index (χ0) is 27.9. The average Bonchev–Trinajstić information content (AvgIpc) is 3.47. The summed E-state index contributed by atoms with van der Waals surface area (Å²) >= 11 is 0. The monoisotopic (exact) mass is 535 g/mol. The molecule has 12 nitrogen and oxygen atoms in total. The standard InChI is InChI=1S/C27H33N7O5/c1-17(15-38-3)30-22-10-24(29-12-21(22)11-28)32-27(37)34-7-4-5-18-9-20(23(14-35)31-25(18)34)13-33(2)26(36)19-6-8-39-16-19/h9-10,12,14,17,19H,4-8,13,15-16H2,1-3H3,(H2,29,30,32,37)/t17?,19-/m1/s1. The largest absolute Gasteiger partial charge is 0.383 e. The number of hydrogen-bond acceptors (Lipinski definition) is 9. The number of carbonyl (C=O) groups excluding carboxylic acids is 3. The van der Waals surface area contributed by atoms with Crippen LogP contribution in [0.25, 0.3) is 0 Å². The Bertz CT molecular complexity index is 1270. The second-order valence-corrected chi connectivity index (χ2v) is 9.80. The quantitative estimate of drug-likeness (QED) is 0.462. The minimum absolute atomic E-state index is 0.0246. The molecular weight excluding hydrogens is 502 g/mol. The van der Waals surface area contributed by atoms with Crippen LogP contribution >= 0.6 is 0 Å². The number of ether oxygens (including phenoxy) is 2. The summed E-state index contributed by atoms with van der Waals surface area (Å²) in [5, 5.41) is 15.4. The number of aromatic nitrogens is 2. The number of fused-ring (bicyclic) bond motifs is 1. The van der Waals surface area contributed by atoms with Gasteiger partial charge in [0.05, 0.1) is 30.4 Å². The minimum atomic E-state index is -0.449. The smallest absolute Gasteiger partial charge is 0.328 e. The normalized spacial score (nSPS) is 17.1. The van der Waals surface area contributed by atoms with Gasteiger partial charge in [0.25, 0.3) is 0 Å². The summed E-state index contributed by atoms with van der Waals surface area (Å²) in [7, 11) is 3.30. The number of pyridine rings is 2. The van der Waals surface area contributed by atoms with Crippen molar-refractivity contribution in [1.29, 1.82) is 5.26 Å². The van der Waals surface area contributed by atoms with E-state index in [1.54, 1.807) is 25.1 Å². The topological polar surface area (TPSA) is 150 Å². The molecule has 0 bridgehead atoms. The van der Waals surface area contributed by atoms with Gasteiger partial charge in [-0.25, -0.2) is 14.8 Å². The summed E-state index contributed by atoms with van der Waals surface area (Å²) in [6.07, 6.45) is 4.13. The van der Waals surface area contributed by atoms with Crippen LogP contribution in [0.15, 0.2) is 18.3 Å². The summed E-state index contributed by atoms with van der Waals surface area (Å²) in [5.74, 6) is 0.475. The third-order valence-corrected chi connectivity index (χ3v) is 6.77. The predicted molar refractivity (Wildman–Crippen MR) is 144 cm³/mol. The highest BCUT2D eigenvalue weighted by atomic mass is 16.5. The number of urea groups is 1. The Labute approximate surface area is 227 Å². The van der Waals surface area contributed by atoms with E-state index in [4.69, 9.17) is 9.47 Å². The van der Waals surface area contributed by atoms with Gasteiger partial charge in [-0.05, 0) is 37.8 Å². The molecule has 2 aliphatic rings. The number of anilines is 3. The van der Waals surface area contributed by atoms with Gasteiger partial charge in [0.1, 0.15) is 23.4 Å². The number of aryl methyl sites for hydroxylation is 1. The molecule has 2 atom stereocenters. The molecule has 2 N–H and O–H groups in total. The summed E-state index contributed by atoms with van der Waals surface area (Å²) in [5.41, 5.74) is 2.51. The van der Waals surface area contributed by atoms with Gasteiger partial charge in [0.2, 0.25) is 5.91 Å². The lowest BCUT2D eigenvalue weighted by molar-refractivity contribution is -0.134. The molecule has 2 aromatic rings. The first-order valence-corrected chi connectivity index (χ1v) is 12.9. The fraction of sp³-hybridized carbons (Fsp3) is 0.481. The maximum atomic E-state index is 13.3. The molecule has 2 aliphatic heterocycles. The van der Waals surface area contributed by atoms with Gasteiger partial charge in [0.15, 0.2) is 6.29 Å². The van der Waals surface area contributed by atoms with E-state index in [1.807, 2.05) is 13.0 Å². The Morgan fingerprint density at radius 1 is 1.41 bits per heavy atom. The highest BCUT2D eigenvalue weighted by Gasteiger charge is 2.29. The maximum absolute atomic E-state index is 13.3. The molecule has 0 aliphatic carbocycles. The average molecular weight is 536 g/mol. The van der Waals surface area contributed by atoms with Crippen molar-refractivity contribution in [2.24, 2.45) is 5.92 Å². The van der Waals surface area contributed by atoms with Crippen molar-refractivity contribution < 1.29 is 23.9 Å². The number of nitriles is 1. The Hall–Kier alpha value is -4.08. The third kappa shape index (κ3) is 6.50. The first kappa shape index (κ1) is 27.9. The highest BCUT2D eigenvalue weighted by molar-refractivity contribution is 6.02. The molecule has 4 heterocycles. The lowest BCUT2D eigenvalue weighted by Crippen LogP contribution is -2.40. The number of nitrogens with zero attached hydrogens (tertiary/aromatic N) is 5. The second kappa shape index (κ2) is 12.6. The summed E-state index contributed by atoms with van der Waals surface area (Å²) < 4.78 is 10.5. The zero-order valence-electron chi connectivity index (χ0n) is 22.4. The molecule has 206 valence electrons. The van der Waals surface area contributed by atoms with Gasteiger partial charge in [-0.1, -0.05) is 0 Å². The van der Waals surface area contributed by atoms with E-state index in [9.17, 15) is 19.6 Å². The molecule has 3 amide bonds. The van der Waals surface area contributed by atoms with Gasteiger partial charge in [-0.15, -0.1) is 0 Å². The molecule has 1 fully saturated rings. The Balaban J connectivity index is 1.52. The van der Waals surface area contributed by atoms with Crippen LogP contribution in [-0.4, -0.2) is 79.7 Å². The van der Waals surface area contributed by atoms with Crippen molar-refractivity contribution in [3.8, 4) is 6.07 Å². The summed E-state index contributed by atoms with van der Waals surface area (Å²) in [4.78, 5) is 49.8. The number of aldehydes is 1. The van der Waals surface area contributed by atoms with E-state index in [2.05, 4.69) is 26.7 Å². The van der Waals surface area contributed by atoms with Crippen LogP contribution in [-0.2, 0) is 27.2 Å².